The van der Waals surface area contributed by atoms with Crippen LogP contribution < -0.4 is 4.90 Å². The van der Waals surface area contributed by atoms with Crippen molar-refractivity contribution in [2.45, 2.75) is 19.8 Å². The highest BCUT2D eigenvalue weighted by molar-refractivity contribution is 5.98. The molecular formula is C13H15N3O2. The van der Waals surface area contributed by atoms with E-state index in [1.807, 2.05) is 24.6 Å². The summed E-state index contributed by atoms with van der Waals surface area (Å²) in [4.78, 5) is 17.8. The first-order valence-corrected chi connectivity index (χ1v) is 6.04. The highest BCUT2D eigenvalue weighted by Gasteiger charge is 2.23. The van der Waals surface area contributed by atoms with Gasteiger partial charge < -0.3 is 14.6 Å². The summed E-state index contributed by atoms with van der Waals surface area (Å²) in [6.45, 7) is 2.61. The number of carbonyl (C=O) groups is 1. The Morgan fingerprint density at radius 3 is 2.83 bits per heavy atom. The number of hydrogen-bond acceptors (Lipinski definition) is 3. The Morgan fingerprint density at radius 2 is 2.17 bits per heavy atom. The number of benzene rings is 1. The van der Waals surface area contributed by atoms with E-state index in [1.54, 1.807) is 11.0 Å². The number of amides is 1. The lowest BCUT2D eigenvalue weighted by molar-refractivity contribution is -0.117. The summed E-state index contributed by atoms with van der Waals surface area (Å²) in [6, 6.07) is 3.54. The minimum Gasteiger partial charge on any atom is -0.506 e. The fourth-order valence-corrected chi connectivity index (χ4v) is 2.45. The lowest BCUT2D eigenvalue weighted by atomic mass is 10.2. The number of aromatic nitrogens is 2. The van der Waals surface area contributed by atoms with Crippen molar-refractivity contribution in [1.82, 2.24) is 9.55 Å². The van der Waals surface area contributed by atoms with Crippen molar-refractivity contribution in [3.05, 3.63) is 18.0 Å². The first-order chi connectivity index (χ1) is 8.58. The number of imidazole rings is 1. The van der Waals surface area contributed by atoms with Gasteiger partial charge in [0.15, 0.2) is 0 Å². The van der Waals surface area contributed by atoms with Gasteiger partial charge in [-0.3, -0.25) is 4.79 Å². The van der Waals surface area contributed by atoms with E-state index in [0.717, 1.165) is 30.0 Å². The van der Waals surface area contributed by atoms with Gasteiger partial charge in [-0.2, -0.15) is 0 Å². The third kappa shape index (κ3) is 1.47. The molecule has 0 aliphatic carbocycles. The predicted octanol–water partition coefficient (Wildman–Crippen LogP) is 1.71. The minimum atomic E-state index is 0.118. The third-order valence-electron chi connectivity index (χ3n) is 3.56. The van der Waals surface area contributed by atoms with Crippen molar-refractivity contribution in [2.24, 2.45) is 7.05 Å². The van der Waals surface area contributed by atoms with E-state index >= 15 is 0 Å². The molecule has 0 bridgehead atoms. The molecule has 1 saturated heterocycles. The second kappa shape index (κ2) is 3.73. The van der Waals surface area contributed by atoms with Gasteiger partial charge >= 0.3 is 0 Å². The van der Waals surface area contributed by atoms with Gasteiger partial charge in [0.1, 0.15) is 17.1 Å². The number of nitrogens with zero attached hydrogens (tertiary/aromatic N) is 3. The predicted molar refractivity (Wildman–Crippen MR) is 68.7 cm³/mol. The van der Waals surface area contributed by atoms with E-state index in [9.17, 15) is 9.90 Å². The summed E-state index contributed by atoms with van der Waals surface area (Å²) in [6.07, 6.45) is 1.46. The number of rotatable bonds is 1. The SMILES string of the molecule is Cc1nc2c(O)cc(N3CCCC3=O)cc2n1C. The molecule has 3 rings (SSSR count). The minimum absolute atomic E-state index is 0.118. The molecule has 5 heteroatoms. The molecule has 18 heavy (non-hydrogen) atoms. The van der Waals surface area contributed by atoms with Crippen LogP contribution in [0.1, 0.15) is 18.7 Å². The number of hydrogen-bond donors (Lipinski definition) is 1. The van der Waals surface area contributed by atoms with Crippen molar-refractivity contribution < 1.29 is 9.90 Å². The Hall–Kier alpha value is -2.04. The zero-order valence-electron chi connectivity index (χ0n) is 10.5. The van der Waals surface area contributed by atoms with Gasteiger partial charge in [-0.05, 0) is 19.4 Å². The van der Waals surface area contributed by atoms with Crippen LogP contribution in [0.4, 0.5) is 5.69 Å². The molecule has 0 atom stereocenters. The highest BCUT2D eigenvalue weighted by atomic mass is 16.3. The molecule has 1 aromatic heterocycles. The molecule has 0 unspecified atom stereocenters. The van der Waals surface area contributed by atoms with Gasteiger partial charge in [0, 0.05) is 31.8 Å². The Labute approximate surface area is 105 Å². The van der Waals surface area contributed by atoms with E-state index in [0.29, 0.717) is 11.9 Å². The molecule has 1 aromatic carbocycles. The first kappa shape index (κ1) is 11.1. The lowest BCUT2D eigenvalue weighted by Crippen LogP contribution is -2.23. The molecule has 2 aromatic rings. The molecule has 5 nitrogen and oxygen atoms in total. The molecule has 0 saturated carbocycles. The molecule has 0 spiro atoms. The summed E-state index contributed by atoms with van der Waals surface area (Å²) in [5.74, 6) is 1.09. The van der Waals surface area contributed by atoms with Crippen LogP contribution >= 0.6 is 0 Å². The van der Waals surface area contributed by atoms with Crippen LogP contribution in [-0.4, -0.2) is 27.1 Å². The van der Waals surface area contributed by atoms with Crippen LogP contribution in [0.15, 0.2) is 12.1 Å². The zero-order chi connectivity index (χ0) is 12.9. The van der Waals surface area contributed by atoms with Gasteiger partial charge in [-0.1, -0.05) is 0 Å². The van der Waals surface area contributed by atoms with Crippen LogP contribution in [0.2, 0.25) is 0 Å². The van der Waals surface area contributed by atoms with Crippen LogP contribution in [-0.2, 0) is 11.8 Å². The third-order valence-corrected chi connectivity index (χ3v) is 3.56. The number of aromatic hydroxyl groups is 1. The molecule has 2 heterocycles. The average molecular weight is 245 g/mol. The van der Waals surface area contributed by atoms with Crippen molar-refractivity contribution in [1.29, 1.82) is 0 Å². The van der Waals surface area contributed by atoms with E-state index in [4.69, 9.17) is 0 Å². The molecule has 1 fully saturated rings. The van der Waals surface area contributed by atoms with Crippen molar-refractivity contribution in [3.63, 3.8) is 0 Å². The fraction of sp³-hybridized carbons (Fsp3) is 0.385. The Kier molecular flexibility index (Phi) is 2.29. The Balaban J connectivity index is 2.20. The molecule has 1 N–H and O–H groups in total. The quantitative estimate of drug-likeness (QED) is 0.832. The second-order valence-electron chi connectivity index (χ2n) is 4.70. The van der Waals surface area contributed by atoms with Gasteiger partial charge in [-0.15, -0.1) is 0 Å². The van der Waals surface area contributed by atoms with Crippen molar-refractivity contribution in [2.75, 3.05) is 11.4 Å². The number of fused-ring (bicyclic) bond motifs is 1. The summed E-state index contributed by atoms with van der Waals surface area (Å²) >= 11 is 0. The van der Waals surface area contributed by atoms with E-state index in [2.05, 4.69) is 4.98 Å². The van der Waals surface area contributed by atoms with Crippen molar-refractivity contribution >= 4 is 22.6 Å². The van der Waals surface area contributed by atoms with Crippen LogP contribution in [0.5, 0.6) is 5.75 Å². The summed E-state index contributed by atoms with van der Waals surface area (Å²) in [7, 11) is 1.90. The summed E-state index contributed by atoms with van der Waals surface area (Å²) in [5.41, 5.74) is 2.19. The van der Waals surface area contributed by atoms with E-state index < -0.39 is 0 Å². The number of aryl methyl sites for hydroxylation is 2. The molecule has 1 amide bonds. The molecule has 1 aliphatic heterocycles. The first-order valence-electron chi connectivity index (χ1n) is 6.04. The van der Waals surface area contributed by atoms with Crippen molar-refractivity contribution in [3.8, 4) is 5.75 Å². The second-order valence-corrected chi connectivity index (χ2v) is 4.70. The molecule has 94 valence electrons. The molecule has 1 aliphatic rings. The summed E-state index contributed by atoms with van der Waals surface area (Å²) < 4.78 is 1.92. The van der Waals surface area contributed by atoms with Gasteiger partial charge in [0.05, 0.1) is 5.52 Å². The monoisotopic (exact) mass is 245 g/mol. The maximum atomic E-state index is 11.7. The number of carbonyl (C=O) groups excluding carboxylic acids is 1. The lowest BCUT2D eigenvalue weighted by Gasteiger charge is -2.16. The van der Waals surface area contributed by atoms with Crippen LogP contribution in [0, 0.1) is 6.92 Å². The maximum absolute atomic E-state index is 11.7. The normalized spacial score (nSPS) is 15.9. The zero-order valence-corrected chi connectivity index (χ0v) is 10.5. The van der Waals surface area contributed by atoms with Gasteiger partial charge in [-0.25, -0.2) is 4.98 Å². The highest BCUT2D eigenvalue weighted by Crippen LogP contribution is 2.32. The number of phenols is 1. The van der Waals surface area contributed by atoms with Crippen LogP contribution in [0.3, 0.4) is 0 Å². The summed E-state index contributed by atoms with van der Waals surface area (Å²) in [5, 5.41) is 10.0. The smallest absolute Gasteiger partial charge is 0.227 e. The topological polar surface area (TPSA) is 58.4 Å². The Morgan fingerprint density at radius 1 is 1.39 bits per heavy atom. The largest absolute Gasteiger partial charge is 0.506 e. The average Bonchev–Trinajstić information content (AvgIpc) is 2.87. The Bertz CT molecular complexity index is 645. The molecule has 0 radical (unpaired) electrons. The number of anilines is 1. The maximum Gasteiger partial charge on any atom is 0.227 e. The van der Waals surface area contributed by atoms with Crippen LogP contribution in [0.25, 0.3) is 11.0 Å². The fourth-order valence-electron chi connectivity index (χ4n) is 2.45. The standard InChI is InChI=1S/C13H15N3O2/c1-8-14-13-10(15(8)2)6-9(7-11(13)17)16-5-3-4-12(16)18/h6-7,17H,3-5H2,1-2H3. The van der Waals surface area contributed by atoms with E-state index in [-0.39, 0.29) is 11.7 Å². The van der Waals surface area contributed by atoms with Gasteiger partial charge in [0.2, 0.25) is 5.91 Å². The van der Waals surface area contributed by atoms with E-state index in [1.165, 1.54) is 0 Å². The van der Waals surface area contributed by atoms with Gasteiger partial charge in [0.25, 0.3) is 0 Å². The molecular weight excluding hydrogens is 230 g/mol. The number of phenolic OH excluding ortho intramolecular Hbond substituents is 1.